The Morgan fingerprint density at radius 3 is 2.50 bits per heavy atom. The van der Waals surface area contributed by atoms with E-state index >= 15 is 0 Å². The number of hydrogen-bond donors (Lipinski definition) is 0. The van der Waals surface area contributed by atoms with E-state index in [0.29, 0.717) is 18.2 Å². The van der Waals surface area contributed by atoms with Gasteiger partial charge in [-0.05, 0) is 72.7 Å². The number of fused-ring (bicyclic) bond motifs is 1. The fourth-order valence-corrected chi connectivity index (χ4v) is 6.94. The van der Waals surface area contributed by atoms with Crippen LogP contribution >= 0.6 is 22.9 Å². The van der Waals surface area contributed by atoms with Gasteiger partial charge in [-0.15, -0.1) is 11.3 Å². The number of amides is 1. The highest BCUT2D eigenvalue weighted by atomic mass is 35.5. The number of benzene rings is 2. The lowest BCUT2D eigenvalue weighted by molar-refractivity contribution is -0.135. The van der Waals surface area contributed by atoms with Crippen LogP contribution in [0.4, 0.5) is 0 Å². The number of carbonyl (C=O) groups is 1. The minimum atomic E-state index is -3.88. The van der Waals surface area contributed by atoms with Crippen LogP contribution in [0.15, 0.2) is 64.9 Å². The zero-order chi connectivity index (χ0) is 25.9. The number of halogens is 1. The van der Waals surface area contributed by atoms with Crippen LogP contribution in [0, 0.1) is 12.8 Å². The highest BCUT2D eigenvalue weighted by Crippen LogP contribution is 2.34. The van der Waals surface area contributed by atoms with Gasteiger partial charge in [0.25, 0.3) is 0 Å². The van der Waals surface area contributed by atoms with Crippen LogP contribution in [0.2, 0.25) is 5.02 Å². The predicted octanol–water partition coefficient (Wildman–Crippen LogP) is 5.56. The van der Waals surface area contributed by atoms with E-state index in [0.717, 1.165) is 23.3 Å². The monoisotopic (exact) mass is 546 g/mol. The predicted molar refractivity (Wildman–Crippen MR) is 144 cm³/mol. The molecular weight excluding hydrogens is 516 g/mol. The first-order valence-corrected chi connectivity index (χ1v) is 14.7. The highest BCUT2D eigenvalue weighted by molar-refractivity contribution is 7.89. The molecule has 2 aromatic carbocycles. The van der Waals surface area contributed by atoms with Gasteiger partial charge in [-0.2, -0.15) is 4.31 Å². The molecule has 192 valence electrons. The maximum Gasteiger partial charge on any atom is 0.243 e. The summed E-state index contributed by atoms with van der Waals surface area (Å²) in [7, 11) is -3.88. The molecule has 0 saturated carbocycles. The molecule has 36 heavy (non-hydrogen) atoms. The number of ether oxygens (including phenoxy) is 1. The SMILES string of the molecule is Cc1ccc(OC[C@@H]2c3ccsc3CCN2C(=O)CN(CC(C)C)S(=O)(=O)c2ccc(Cl)cc2)cc1. The van der Waals surface area contributed by atoms with Crippen LogP contribution in [0.25, 0.3) is 0 Å². The average molecular weight is 547 g/mol. The van der Waals surface area contributed by atoms with Crippen LogP contribution in [0.3, 0.4) is 0 Å². The Balaban J connectivity index is 1.57. The van der Waals surface area contributed by atoms with Crippen molar-refractivity contribution in [2.45, 2.75) is 38.1 Å². The smallest absolute Gasteiger partial charge is 0.243 e. The highest BCUT2D eigenvalue weighted by Gasteiger charge is 2.35. The lowest BCUT2D eigenvalue weighted by atomic mass is 10.0. The molecular formula is C27H31ClN2O4S2. The molecule has 1 aliphatic heterocycles. The summed E-state index contributed by atoms with van der Waals surface area (Å²) in [5.74, 6) is 0.551. The van der Waals surface area contributed by atoms with Crippen molar-refractivity contribution in [1.82, 2.24) is 9.21 Å². The molecule has 1 atom stereocenters. The molecule has 3 aromatic rings. The van der Waals surface area contributed by atoms with Gasteiger partial charge in [-0.3, -0.25) is 4.79 Å². The van der Waals surface area contributed by atoms with Crippen molar-refractivity contribution in [2.75, 3.05) is 26.2 Å². The van der Waals surface area contributed by atoms with Crippen molar-refractivity contribution in [3.8, 4) is 5.75 Å². The van der Waals surface area contributed by atoms with Crippen LogP contribution < -0.4 is 4.74 Å². The average Bonchev–Trinajstić information content (AvgIpc) is 3.32. The van der Waals surface area contributed by atoms with Gasteiger partial charge in [0, 0.05) is 23.0 Å². The van der Waals surface area contributed by atoms with E-state index in [1.807, 2.05) is 56.5 Å². The standard InChI is InChI=1S/C27H31ClN2O4S2/c1-19(2)16-29(36(32,33)23-10-6-21(28)7-11-23)17-27(31)30-14-12-26-24(13-15-35-26)25(30)18-34-22-8-4-20(3)5-9-22/h4-11,13,15,19,25H,12,14,16-18H2,1-3H3/t25-/m1/s1. The second kappa shape index (κ2) is 11.3. The third-order valence-electron chi connectivity index (χ3n) is 6.18. The van der Waals surface area contributed by atoms with E-state index < -0.39 is 10.0 Å². The maximum absolute atomic E-state index is 13.7. The normalized spacial score (nSPS) is 15.8. The summed E-state index contributed by atoms with van der Waals surface area (Å²) in [5, 5.41) is 2.49. The Hall–Kier alpha value is -2.39. The Labute approximate surface area is 222 Å². The van der Waals surface area contributed by atoms with Crippen LogP contribution in [-0.4, -0.2) is 49.8 Å². The fraction of sp³-hybridized carbons (Fsp3) is 0.370. The number of nitrogens with zero attached hydrogens (tertiary/aromatic N) is 2. The van der Waals surface area contributed by atoms with E-state index in [1.54, 1.807) is 28.4 Å². The summed E-state index contributed by atoms with van der Waals surface area (Å²) in [6, 6.07) is 15.6. The molecule has 0 spiro atoms. The van der Waals surface area contributed by atoms with E-state index in [1.165, 1.54) is 21.3 Å². The molecule has 9 heteroatoms. The van der Waals surface area contributed by atoms with Gasteiger partial charge in [-0.1, -0.05) is 43.1 Å². The van der Waals surface area contributed by atoms with Crippen molar-refractivity contribution in [3.05, 3.63) is 81.0 Å². The molecule has 0 aliphatic carbocycles. The summed E-state index contributed by atoms with van der Waals surface area (Å²) in [6.07, 6.45) is 0.744. The van der Waals surface area contributed by atoms with Crippen LogP contribution in [0.1, 0.15) is 35.9 Å². The first-order chi connectivity index (χ1) is 17.1. The van der Waals surface area contributed by atoms with Crippen molar-refractivity contribution in [3.63, 3.8) is 0 Å². The zero-order valence-electron chi connectivity index (χ0n) is 20.7. The Bertz CT molecular complexity index is 1290. The summed E-state index contributed by atoms with van der Waals surface area (Å²) in [4.78, 5) is 16.8. The summed E-state index contributed by atoms with van der Waals surface area (Å²) < 4.78 is 34.3. The van der Waals surface area contributed by atoms with E-state index in [9.17, 15) is 13.2 Å². The van der Waals surface area contributed by atoms with E-state index in [4.69, 9.17) is 16.3 Å². The molecule has 2 heterocycles. The zero-order valence-corrected chi connectivity index (χ0v) is 23.1. The van der Waals surface area contributed by atoms with Gasteiger partial charge in [0.15, 0.2) is 0 Å². The van der Waals surface area contributed by atoms with E-state index in [-0.39, 0.29) is 35.9 Å². The van der Waals surface area contributed by atoms with E-state index in [2.05, 4.69) is 0 Å². The second-order valence-electron chi connectivity index (χ2n) is 9.42. The Morgan fingerprint density at radius 1 is 1.14 bits per heavy atom. The first kappa shape index (κ1) is 26.7. The number of hydrogen-bond acceptors (Lipinski definition) is 5. The molecule has 1 aromatic heterocycles. The molecule has 0 fully saturated rings. The molecule has 4 rings (SSSR count). The lowest BCUT2D eigenvalue weighted by Crippen LogP contribution is -2.48. The summed E-state index contributed by atoms with van der Waals surface area (Å²) in [5.41, 5.74) is 2.21. The van der Waals surface area contributed by atoms with Gasteiger partial charge >= 0.3 is 0 Å². The minimum Gasteiger partial charge on any atom is -0.491 e. The minimum absolute atomic E-state index is 0.0466. The molecule has 0 N–H and O–H groups in total. The van der Waals surface area contributed by atoms with Crippen LogP contribution in [0.5, 0.6) is 5.75 Å². The molecule has 0 radical (unpaired) electrons. The third-order valence-corrected chi connectivity index (χ3v) is 9.25. The third kappa shape index (κ3) is 6.11. The molecule has 0 bridgehead atoms. The number of rotatable bonds is 9. The second-order valence-corrected chi connectivity index (χ2v) is 12.8. The van der Waals surface area contributed by atoms with Gasteiger partial charge in [0.1, 0.15) is 12.4 Å². The number of aryl methyl sites for hydroxylation is 1. The van der Waals surface area contributed by atoms with Crippen LogP contribution in [-0.2, 0) is 21.2 Å². The fourth-order valence-electron chi connectivity index (χ4n) is 4.34. The summed E-state index contributed by atoms with van der Waals surface area (Å²) in [6.45, 7) is 6.71. The Kier molecular flexibility index (Phi) is 8.40. The van der Waals surface area contributed by atoms with Crippen molar-refractivity contribution in [2.24, 2.45) is 5.92 Å². The maximum atomic E-state index is 13.7. The molecule has 1 amide bonds. The van der Waals surface area contributed by atoms with Crippen molar-refractivity contribution >= 4 is 38.9 Å². The number of thiophene rings is 1. The van der Waals surface area contributed by atoms with Gasteiger partial charge < -0.3 is 9.64 Å². The number of sulfonamides is 1. The Morgan fingerprint density at radius 2 is 1.83 bits per heavy atom. The van der Waals surface area contributed by atoms with Crippen molar-refractivity contribution < 1.29 is 17.9 Å². The lowest BCUT2D eigenvalue weighted by Gasteiger charge is -2.37. The van der Waals surface area contributed by atoms with Gasteiger partial charge in [0.05, 0.1) is 17.5 Å². The molecule has 0 unspecified atom stereocenters. The molecule has 1 aliphatic rings. The molecule has 0 saturated heterocycles. The first-order valence-electron chi connectivity index (χ1n) is 12.0. The number of carbonyl (C=O) groups excluding carboxylic acids is 1. The van der Waals surface area contributed by atoms with Crippen molar-refractivity contribution in [1.29, 1.82) is 0 Å². The molecule has 6 nitrogen and oxygen atoms in total. The topological polar surface area (TPSA) is 66.9 Å². The quantitative estimate of drug-likeness (QED) is 0.352. The largest absolute Gasteiger partial charge is 0.491 e. The van der Waals surface area contributed by atoms with Gasteiger partial charge in [0.2, 0.25) is 15.9 Å². The summed E-state index contributed by atoms with van der Waals surface area (Å²) >= 11 is 7.64. The van der Waals surface area contributed by atoms with Gasteiger partial charge in [-0.25, -0.2) is 8.42 Å².